The molecule has 0 atom stereocenters. The van der Waals surface area contributed by atoms with Gasteiger partial charge in [-0.3, -0.25) is 4.90 Å². The van der Waals surface area contributed by atoms with Crippen molar-refractivity contribution in [3.8, 4) is 0 Å². The van der Waals surface area contributed by atoms with Crippen molar-refractivity contribution in [1.29, 1.82) is 0 Å². The molecule has 16 heavy (non-hydrogen) atoms. The van der Waals surface area contributed by atoms with Crippen molar-refractivity contribution >= 4 is 11.6 Å². The summed E-state index contributed by atoms with van der Waals surface area (Å²) in [5, 5.41) is 10.9. The third kappa shape index (κ3) is 2.40. The van der Waals surface area contributed by atoms with Crippen molar-refractivity contribution in [1.82, 2.24) is 4.90 Å². The van der Waals surface area contributed by atoms with Crippen LogP contribution < -0.4 is 0 Å². The predicted octanol–water partition coefficient (Wildman–Crippen LogP) is 2.54. The molecule has 2 rings (SSSR count). The maximum atomic E-state index is 10.1. The van der Waals surface area contributed by atoms with Gasteiger partial charge in [0, 0.05) is 24.7 Å². The number of likely N-dealkylation sites (tertiary alicyclic amines) is 1. The summed E-state index contributed by atoms with van der Waals surface area (Å²) in [6, 6.07) is 7.89. The first-order valence-corrected chi connectivity index (χ1v) is 6.06. The van der Waals surface area contributed by atoms with Crippen molar-refractivity contribution < 1.29 is 5.11 Å². The number of rotatable bonds is 3. The third-order valence-corrected chi connectivity index (χ3v) is 3.60. The summed E-state index contributed by atoms with van der Waals surface area (Å²) in [4.78, 5) is 2.24. The van der Waals surface area contributed by atoms with Crippen LogP contribution in [0.15, 0.2) is 24.3 Å². The molecule has 0 spiro atoms. The van der Waals surface area contributed by atoms with Gasteiger partial charge in [-0.2, -0.15) is 0 Å². The Balaban J connectivity index is 1.90. The number of hydrogen-bond donors (Lipinski definition) is 1. The molecule has 2 nitrogen and oxygen atoms in total. The summed E-state index contributed by atoms with van der Waals surface area (Å²) in [5.41, 5.74) is 0.719. The monoisotopic (exact) mass is 239 g/mol. The highest BCUT2D eigenvalue weighted by molar-refractivity contribution is 6.30. The van der Waals surface area contributed by atoms with Gasteiger partial charge in [-0.1, -0.05) is 37.6 Å². The summed E-state index contributed by atoms with van der Waals surface area (Å²) in [5.74, 6) is 0.322. The van der Waals surface area contributed by atoms with E-state index in [9.17, 15) is 5.11 Å². The summed E-state index contributed by atoms with van der Waals surface area (Å²) in [6.07, 6.45) is 0. The van der Waals surface area contributed by atoms with Gasteiger partial charge in [0.05, 0.1) is 5.60 Å². The largest absolute Gasteiger partial charge is 0.387 e. The van der Waals surface area contributed by atoms with Crippen LogP contribution in [0, 0.1) is 5.92 Å². The second-order valence-electron chi connectivity index (χ2n) is 5.03. The fourth-order valence-corrected chi connectivity index (χ4v) is 2.31. The van der Waals surface area contributed by atoms with Crippen LogP contribution in [0.4, 0.5) is 0 Å². The molecule has 0 aliphatic carbocycles. The highest BCUT2D eigenvalue weighted by Crippen LogP contribution is 2.29. The molecule has 0 saturated carbocycles. The van der Waals surface area contributed by atoms with Crippen molar-refractivity contribution in [3.05, 3.63) is 34.9 Å². The molecule has 1 aliphatic rings. The molecule has 1 saturated heterocycles. The van der Waals surface area contributed by atoms with E-state index in [0.717, 1.165) is 24.7 Å². The zero-order valence-electron chi connectivity index (χ0n) is 9.78. The van der Waals surface area contributed by atoms with E-state index in [1.165, 1.54) is 5.56 Å². The molecule has 0 radical (unpaired) electrons. The van der Waals surface area contributed by atoms with Gasteiger partial charge >= 0.3 is 0 Å². The molecule has 0 aromatic heterocycles. The Bertz CT molecular complexity index is 372. The van der Waals surface area contributed by atoms with Gasteiger partial charge < -0.3 is 5.11 Å². The van der Waals surface area contributed by atoms with Crippen LogP contribution in [-0.4, -0.2) is 28.7 Å². The number of β-amino-alcohol motifs (C(OH)–C–C–N with tert-alkyl or cyclic N) is 1. The second kappa shape index (κ2) is 4.36. The first-order valence-electron chi connectivity index (χ1n) is 5.69. The Hall–Kier alpha value is -0.570. The highest BCUT2D eigenvalue weighted by Gasteiger charge is 2.43. The highest BCUT2D eigenvalue weighted by atomic mass is 35.5. The van der Waals surface area contributed by atoms with Gasteiger partial charge in [0.15, 0.2) is 0 Å². The zero-order chi connectivity index (χ0) is 11.8. The summed E-state index contributed by atoms with van der Waals surface area (Å²) < 4.78 is 0. The maximum Gasteiger partial charge on any atom is 0.0923 e. The molecule has 1 aromatic carbocycles. The Labute approximate surface area is 102 Å². The Morgan fingerprint density at radius 2 is 2.12 bits per heavy atom. The molecule has 0 bridgehead atoms. The summed E-state index contributed by atoms with van der Waals surface area (Å²) in [7, 11) is 0. The van der Waals surface area contributed by atoms with Gasteiger partial charge in [-0.05, 0) is 23.6 Å². The average Bonchev–Trinajstić information content (AvgIpc) is 2.14. The molecule has 0 amide bonds. The lowest BCUT2D eigenvalue weighted by Gasteiger charge is -2.49. The number of benzene rings is 1. The second-order valence-corrected chi connectivity index (χ2v) is 5.47. The quantitative estimate of drug-likeness (QED) is 0.877. The van der Waals surface area contributed by atoms with Crippen molar-refractivity contribution in [2.45, 2.75) is 26.0 Å². The zero-order valence-corrected chi connectivity index (χ0v) is 10.5. The van der Waals surface area contributed by atoms with Crippen LogP contribution in [0.1, 0.15) is 19.4 Å². The van der Waals surface area contributed by atoms with E-state index >= 15 is 0 Å². The van der Waals surface area contributed by atoms with Gasteiger partial charge in [-0.25, -0.2) is 0 Å². The molecule has 1 fully saturated rings. The van der Waals surface area contributed by atoms with E-state index in [0.29, 0.717) is 5.92 Å². The standard InChI is InChI=1S/C13H18ClNO/c1-10(2)13(16)8-15(9-13)7-11-4-3-5-12(14)6-11/h3-6,10,16H,7-9H2,1-2H3. The van der Waals surface area contributed by atoms with E-state index in [-0.39, 0.29) is 0 Å². The van der Waals surface area contributed by atoms with E-state index in [4.69, 9.17) is 11.6 Å². The Morgan fingerprint density at radius 3 is 2.69 bits per heavy atom. The topological polar surface area (TPSA) is 23.5 Å². The first-order chi connectivity index (χ1) is 7.49. The maximum absolute atomic E-state index is 10.1. The van der Waals surface area contributed by atoms with E-state index in [2.05, 4.69) is 24.8 Å². The van der Waals surface area contributed by atoms with Gasteiger partial charge in [0.1, 0.15) is 0 Å². The van der Waals surface area contributed by atoms with Gasteiger partial charge in [0.25, 0.3) is 0 Å². The molecular weight excluding hydrogens is 222 g/mol. The van der Waals surface area contributed by atoms with Gasteiger partial charge in [0.2, 0.25) is 0 Å². The minimum absolute atomic E-state index is 0.322. The van der Waals surface area contributed by atoms with Crippen LogP contribution in [0.3, 0.4) is 0 Å². The van der Waals surface area contributed by atoms with E-state index < -0.39 is 5.60 Å². The third-order valence-electron chi connectivity index (χ3n) is 3.36. The predicted molar refractivity (Wildman–Crippen MR) is 66.5 cm³/mol. The molecule has 1 aromatic rings. The van der Waals surface area contributed by atoms with Gasteiger partial charge in [-0.15, -0.1) is 0 Å². The number of halogens is 1. The van der Waals surface area contributed by atoms with E-state index in [1.807, 2.05) is 18.2 Å². The molecule has 3 heteroatoms. The molecule has 1 heterocycles. The van der Waals surface area contributed by atoms with Crippen LogP contribution in [-0.2, 0) is 6.54 Å². The number of nitrogens with zero attached hydrogens (tertiary/aromatic N) is 1. The molecule has 88 valence electrons. The summed E-state index contributed by atoms with van der Waals surface area (Å²) in [6.45, 7) is 6.53. The lowest BCUT2D eigenvalue weighted by molar-refractivity contribution is -0.130. The molecule has 0 unspecified atom stereocenters. The molecular formula is C13H18ClNO. The molecule has 1 aliphatic heterocycles. The number of aliphatic hydroxyl groups is 1. The minimum atomic E-state index is -0.488. The van der Waals surface area contributed by atoms with E-state index in [1.54, 1.807) is 0 Å². The smallest absolute Gasteiger partial charge is 0.0923 e. The number of hydrogen-bond acceptors (Lipinski definition) is 2. The minimum Gasteiger partial charge on any atom is -0.387 e. The van der Waals surface area contributed by atoms with Crippen LogP contribution in [0.5, 0.6) is 0 Å². The van der Waals surface area contributed by atoms with Crippen molar-refractivity contribution in [3.63, 3.8) is 0 Å². The fraction of sp³-hybridized carbons (Fsp3) is 0.538. The van der Waals surface area contributed by atoms with Crippen LogP contribution in [0.25, 0.3) is 0 Å². The fourth-order valence-electron chi connectivity index (χ4n) is 2.10. The SMILES string of the molecule is CC(C)C1(O)CN(Cc2cccc(Cl)c2)C1. The lowest BCUT2D eigenvalue weighted by atomic mass is 9.83. The Morgan fingerprint density at radius 1 is 1.44 bits per heavy atom. The first kappa shape index (κ1) is 11.9. The van der Waals surface area contributed by atoms with Crippen LogP contribution in [0.2, 0.25) is 5.02 Å². The normalized spacial score (nSPS) is 19.8. The van der Waals surface area contributed by atoms with Crippen LogP contribution >= 0.6 is 11.6 Å². The Kier molecular flexibility index (Phi) is 3.24. The lowest BCUT2D eigenvalue weighted by Crippen LogP contribution is -2.63. The average molecular weight is 240 g/mol. The summed E-state index contributed by atoms with van der Waals surface area (Å²) >= 11 is 5.93. The van der Waals surface area contributed by atoms with Crippen molar-refractivity contribution in [2.24, 2.45) is 5.92 Å². The molecule has 1 N–H and O–H groups in total. The van der Waals surface area contributed by atoms with Crippen molar-refractivity contribution in [2.75, 3.05) is 13.1 Å².